The molecule has 0 amide bonds. The average molecular weight is 1670 g/mol. The van der Waals surface area contributed by atoms with Gasteiger partial charge in [0.1, 0.15) is 16.2 Å². The smallest absolute Gasteiger partial charge is 0.443 e. The van der Waals surface area contributed by atoms with Crippen LogP contribution in [-0.2, 0) is 56.5 Å². The minimum atomic E-state index is 0. The van der Waals surface area contributed by atoms with Gasteiger partial charge in [-0.1, -0.05) is 219 Å². The zero-order valence-corrected chi connectivity index (χ0v) is 74.0. The third kappa shape index (κ3) is 25.8. The second-order valence-electron chi connectivity index (χ2n) is 35.2. The van der Waals surface area contributed by atoms with Crippen molar-refractivity contribution >= 4 is 34.1 Å². The van der Waals surface area contributed by atoms with Gasteiger partial charge in [-0.15, -0.1) is 76.2 Å². The molecule has 12 bridgehead atoms. The zero-order chi connectivity index (χ0) is 80.3. The van der Waals surface area contributed by atoms with Crippen LogP contribution in [-0.4, -0.2) is 34.7 Å². The van der Waals surface area contributed by atoms with Crippen LogP contribution >= 0.6 is 0 Å². The van der Waals surface area contributed by atoms with Crippen LogP contribution in [0.25, 0.3) is 37.4 Å². The largest absolute Gasteiger partial charge is 0.715 e. The average Bonchev–Trinajstić information content (AvgIpc) is 0.761. The molecule has 6 aromatic carbocycles. The zero-order valence-electron chi connectivity index (χ0n) is 71.1. The van der Waals surface area contributed by atoms with E-state index in [9.17, 15) is 0 Å². The molecular weight excluding hydrogens is 1540 g/mol. The summed E-state index contributed by atoms with van der Waals surface area (Å²) in [5.41, 5.74) is 45.5. The maximum atomic E-state index is 6.90. The molecule has 113 heavy (non-hydrogen) atoms. The Morgan fingerprint density at radius 3 is 0.929 bits per heavy atom. The van der Waals surface area contributed by atoms with Gasteiger partial charge in [-0.2, -0.15) is 17.1 Å². The summed E-state index contributed by atoms with van der Waals surface area (Å²) in [4.78, 5) is 3.30. The topological polar surface area (TPSA) is 205 Å². The number of hydrogen-bond acceptors (Lipinski definition) is 5. The summed E-state index contributed by atoms with van der Waals surface area (Å²) < 4.78 is 4.24. The Hall–Kier alpha value is -6.91. The number of nitrogens with zero attached hydrogens (tertiary/aromatic N) is 10. The molecule has 13 nitrogen and oxygen atoms in total. The molecule has 0 saturated heterocycles. The molecule has 0 aromatic heterocycles. The van der Waals surface area contributed by atoms with Crippen molar-refractivity contribution in [3.63, 3.8) is 0 Å². The summed E-state index contributed by atoms with van der Waals surface area (Å²) in [6, 6.07) is 38.4. The fourth-order valence-corrected chi connectivity index (χ4v) is 21.7. The molecule has 12 aliphatic carbocycles. The third-order valence-corrected chi connectivity index (χ3v) is 25.6. The molecule has 6 aromatic rings. The van der Waals surface area contributed by atoms with Crippen LogP contribution in [0.5, 0.6) is 0 Å². The second kappa shape index (κ2) is 43.3. The third-order valence-electron chi connectivity index (χ3n) is 25.1. The van der Waals surface area contributed by atoms with Crippen molar-refractivity contribution in [1.29, 1.82) is 11.1 Å². The monoisotopic (exact) mass is 1670 g/mol. The quantitative estimate of drug-likeness (QED) is 0.0290. The van der Waals surface area contributed by atoms with E-state index in [2.05, 4.69) is 263 Å². The predicted molar refractivity (Wildman–Crippen MR) is 463 cm³/mol. The van der Waals surface area contributed by atoms with Crippen molar-refractivity contribution in [2.75, 3.05) is 0 Å². The van der Waals surface area contributed by atoms with Crippen LogP contribution in [0.2, 0.25) is 0 Å². The van der Waals surface area contributed by atoms with Gasteiger partial charge in [0.15, 0.2) is 0 Å². The van der Waals surface area contributed by atoms with Gasteiger partial charge in [-0.05, 0) is 207 Å². The molecule has 2 radical (unpaired) electrons. The van der Waals surface area contributed by atoms with Gasteiger partial charge in [-0.25, -0.2) is 0 Å². The Morgan fingerprint density at radius 2 is 0.673 bits per heavy atom. The molecule has 3 atom stereocenters. The first-order chi connectivity index (χ1) is 53.1. The van der Waals surface area contributed by atoms with E-state index in [1.54, 1.807) is 6.08 Å². The van der Waals surface area contributed by atoms with Gasteiger partial charge in [0.25, 0.3) is 0 Å². The number of aryl methyl sites for hydroxylation is 11. The van der Waals surface area contributed by atoms with Gasteiger partial charge >= 0.3 is 116 Å². The molecule has 3 N–H and O–H groups in total. The minimum absolute atomic E-state index is 0. The van der Waals surface area contributed by atoms with E-state index in [1.807, 2.05) is 20.8 Å². The number of para-hydroxylation sites is 6. The molecule has 12 fully saturated rings. The van der Waals surface area contributed by atoms with E-state index in [1.165, 1.54) is 182 Å². The number of nitrogens with one attached hydrogen (secondary N) is 3. The molecule has 12 aliphatic rings. The Bertz CT molecular complexity index is 4000. The number of rotatable bonds is 20. The first-order valence-corrected chi connectivity index (χ1v) is 41.9. The maximum absolute atomic E-state index is 6.90. The van der Waals surface area contributed by atoms with Crippen molar-refractivity contribution in [1.82, 2.24) is 10.2 Å². The van der Waals surface area contributed by atoms with Crippen molar-refractivity contribution in [3.05, 3.63) is 267 Å². The summed E-state index contributed by atoms with van der Waals surface area (Å²) in [7, 11) is 0. The molecule has 12 saturated carbocycles. The van der Waals surface area contributed by atoms with Crippen molar-refractivity contribution in [2.45, 2.75) is 281 Å². The van der Waals surface area contributed by atoms with Crippen LogP contribution in [0.1, 0.15) is 231 Å². The number of benzene rings is 6. The molecule has 0 spiro atoms. The van der Waals surface area contributed by atoms with E-state index in [0.29, 0.717) is 5.54 Å². The number of hydrogen-bond donors (Lipinski definition) is 3. The summed E-state index contributed by atoms with van der Waals surface area (Å²) in [5.74, 6) is 8.59. The van der Waals surface area contributed by atoms with Gasteiger partial charge in [0, 0.05) is 12.1 Å². The second-order valence-corrected chi connectivity index (χ2v) is 35.5. The number of allylic oxidation sites excluding steroid dienone is 4. The van der Waals surface area contributed by atoms with Crippen molar-refractivity contribution in [3.8, 4) is 0 Å². The van der Waals surface area contributed by atoms with E-state index >= 15 is 0 Å². The van der Waals surface area contributed by atoms with E-state index < -0.39 is 0 Å². The fourth-order valence-electron chi connectivity index (χ4n) is 21.5. The molecule has 0 heterocycles. The maximum Gasteiger partial charge on any atom is -0.443 e. The summed E-state index contributed by atoms with van der Waals surface area (Å²) >= 11 is 5.11. The van der Waals surface area contributed by atoms with E-state index in [0.717, 1.165) is 111 Å². The summed E-state index contributed by atoms with van der Waals surface area (Å²) in [6.07, 6.45) is 33.2. The fraction of sp³-hybridized carbons (Fsp3) is 0.536. The van der Waals surface area contributed by atoms with Crippen LogP contribution in [0.15, 0.2) is 172 Å². The van der Waals surface area contributed by atoms with Gasteiger partial charge < -0.3 is 48.3 Å². The summed E-state index contributed by atoms with van der Waals surface area (Å²) in [5, 5.41) is 37.6. The minimum Gasteiger partial charge on any atom is -0.715 e. The first kappa shape index (κ1) is 93.3. The standard InChI is InChI=1S/C31H41N3.2C21H26N2.C10H16N3.C10H15N.C4H6.3Cu.HN2/c1-20-8-6-9-21(2)29(20)33-23(4)12-24(5)34-30-22(3)10-7-11-28(30)19-32-31-16-25-13-26(17-31)15-27(14-25)18-31;2*1-14-9-7-10-15(2)20(14)22-18(5)13-19(6)23-21-16(3)11-8-12-17(21)4;11-13-12-10-4-7-1-8(5-10)3-9(2-7)6-10;11-10-4-7-1-8(5-10)3-9(2-7)6-10;1-3-4-2;;;;1-2/h6-12,23,25-27,32H,13-19H2,1-5H3;2*7-13,18H,1-6H3;7-9,11H,1-6H2;7-9H,1-6H2;4H,1H2,2H3;;;;1H/q3*-2;+1;;;;2*+2;-1. The Labute approximate surface area is 711 Å². The normalized spacial score (nSPS) is 26.0. The molecular formula is C97H131Cu3N13-2. The SMILES string of the molecule is C=C=CC.CC(=CC(C)[N-]c1c(C)cccc1C)[N-]c1c(C)cccc1C.CC(=CC(C)[N-]c1c(C)cccc1C)[N-]c1c(C)cccc1C.CC(=CC(C)[N-]c1c(C)cccc1C)[N-]c1c(C)cccc1CNC12CC3CC(CC(C3)C1)C2.N=[N+]=NC12CC3CC(CC(C3)C1)C2.[Cu+2].[Cu+2].[Cu]=[N]C12CC3CC(CC(C3)C1)C2.[N-]=N. The molecule has 619 valence electrons. The van der Waals surface area contributed by atoms with E-state index in [4.69, 9.17) is 64.3 Å². The van der Waals surface area contributed by atoms with Crippen LogP contribution in [0.3, 0.4) is 0 Å². The molecule has 16 heteroatoms. The van der Waals surface area contributed by atoms with Crippen molar-refractivity contribution in [2.24, 2.45) is 62.3 Å². The Morgan fingerprint density at radius 1 is 0.442 bits per heavy atom. The molecule has 3 unspecified atom stereocenters. The Balaban J connectivity index is 0.000000199. The predicted octanol–water partition coefficient (Wildman–Crippen LogP) is 29.6. The van der Waals surface area contributed by atoms with Gasteiger partial charge in [0.2, 0.25) is 4.91 Å². The van der Waals surface area contributed by atoms with E-state index in [-0.39, 0.29) is 63.3 Å². The van der Waals surface area contributed by atoms with Crippen LogP contribution in [0.4, 0.5) is 34.1 Å². The first-order valence-electron chi connectivity index (χ1n) is 41.5. The summed E-state index contributed by atoms with van der Waals surface area (Å²) in [6.45, 7) is 42.0. The van der Waals surface area contributed by atoms with Gasteiger partial charge in [-0.3, -0.25) is 0 Å². The Kier molecular flexibility index (Phi) is 35.8. The van der Waals surface area contributed by atoms with Gasteiger partial charge in [0.05, 0.1) is 0 Å². The molecule has 0 aliphatic heterocycles. The van der Waals surface area contributed by atoms with Crippen LogP contribution in [0, 0.1) is 140 Å². The molecule has 18 rings (SSSR count). The van der Waals surface area contributed by atoms with Crippen molar-refractivity contribution < 1.29 is 50.0 Å². The van der Waals surface area contributed by atoms with Crippen LogP contribution < -0.4 is 10.2 Å².